The van der Waals surface area contributed by atoms with Gasteiger partial charge in [-0.1, -0.05) is 15.9 Å². The van der Waals surface area contributed by atoms with E-state index < -0.39 is 5.82 Å². The van der Waals surface area contributed by atoms with Crippen LogP contribution in [-0.2, 0) is 0 Å². The van der Waals surface area contributed by atoms with Crippen molar-refractivity contribution in [3.8, 4) is 17.7 Å². The molecular weight excluding hydrogens is 301 g/mol. The number of hydrogen-bond donors (Lipinski definition) is 1. The Morgan fingerprint density at radius 2 is 2.17 bits per heavy atom. The van der Waals surface area contributed by atoms with E-state index >= 15 is 0 Å². The van der Waals surface area contributed by atoms with Crippen molar-refractivity contribution >= 4 is 21.6 Å². The van der Waals surface area contributed by atoms with Crippen LogP contribution in [0.15, 0.2) is 34.9 Å². The molecule has 0 aliphatic heterocycles. The number of hydrogen-bond acceptors (Lipinski definition) is 4. The van der Waals surface area contributed by atoms with E-state index in [0.717, 1.165) is 0 Å². The minimum atomic E-state index is -0.548. The molecule has 0 fully saturated rings. The molecule has 18 heavy (non-hydrogen) atoms. The van der Waals surface area contributed by atoms with Crippen LogP contribution in [0.2, 0.25) is 0 Å². The molecule has 90 valence electrons. The van der Waals surface area contributed by atoms with Crippen LogP contribution in [0.3, 0.4) is 0 Å². The molecular formula is C12H7BrFN3O. The molecule has 0 bridgehead atoms. The number of ether oxygens (including phenoxy) is 1. The van der Waals surface area contributed by atoms with E-state index in [-0.39, 0.29) is 22.9 Å². The summed E-state index contributed by atoms with van der Waals surface area (Å²) in [6.07, 6.45) is 1.38. The Hall–Kier alpha value is -2.13. The summed E-state index contributed by atoms with van der Waals surface area (Å²) in [7, 11) is 0. The molecule has 0 aliphatic carbocycles. The van der Waals surface area contributed by atoms with Gasteiger partial charge in [-0.25, -0.2) is 9.37 Å². The van der Waals surface area contributed by atoms with Gasteiger partial charge < -0.3 is 10.5 Å². The second-order valence-electron chi connectivity index (χ2n) is 3.37. The van der Waals surface area contributed by atoms with E-state index in [4.69, 9.17) is 15.7 Å². The fourth-order valence-electron chi connectivity index (χ4n) is 1.29. The second-order valence-corrected chi connectivity index (χ2v) is 4.28. The molecule has 1 heterocycles. The predicted octanol–water partition coefficient (Wildman–Crippen LogP) is 3.23. The first-order chi connectivity index (χ1) is 8.61. The minimum absolute atomic E-state index is 0.00695. The Kier molecular flexibility index (Phi) is 3.44. The molecule has 0 atom stereocenters. The molecule has 0 saturated carbocycles. The Morgan fingerprint density at radius 1 is 1.39 bits per heavy atom. The highest BCUT2D eigenvalue weighted by Crippen LogP contribution is 2.30. The first-order valence-electron chi connectivity index (χ1n) is 4.89. The normalized spacial score (nSPS) is 9.83. The average molecular weight is 308 g/mol. The highest BCUT2D eigenvalue weighted by Gasteiger charge is 2.11. The Balaban J connectivity index is 2.38. The van der Waals surface area contributed by atoms with Crippen LogP contribution in [0.5, 0.6) is 11.6 Å². The van der Waals surface area contributed by atoms with Gasteiger partial charge in [-0.3, -0.25) is 0 Å². The maximum atomic E-state index is 13.6. The van der Waals surface area contributed by atoms with Crippen LogP contribution in [0.4, 0.5) is 10.1 Å². The van der Waals surface area contributed by atoms with Gasteiger partial charge in [-0.2, -0.15) is 5.26 Å². The number of pyridine rings is 1. The van der Waals surface area contributed by atoms with E-state index in [9.17, 15) is 4.39 Å². The van der Waals surface area contributed by atoms with Crippen molar-refractivity contribution in [2.75, 3.05) is 5.73 Å². The molecule has 2 aromatic rings. The van der Waals surface area contributed by atoms with Gasteiger partial charge in [-0.05, 0) is 24.3 Å². The molecule has 6 heteroatoms. The van der Waals surface area contributed by atoms with E-state index in [2.05, 4.69) is 20.9 Å². The van der Waals surface area contributed by atoms with Crippen molar-refractivity contribution < 1.29 is 9.13 Å². The van der Waals surface area contributed by atoms with Crippen molar-refractivity contribution in [2.45, 2.75) is 0 Å². The summed E-state index contributed by atoms with van der Waals surface area (Å²) in [5.41, 5.74) is 6.00. The summed E-state index contributed by atoms with van der Waals surface area (Å²) in [5.74, 6) is -0.546. The number of rotatable bonds is 2. The molecule has 2 rings (SSSR count). The number of nitrogens with two attached hydrogens (primary N) is 1. The number of benzene rings is 1. The summed E-state index contributed by atoms with van der Waals surface area (Å²) >= 11 is 3.14. The third kappa shape index (κ3) is 2.41. The van der Waals surface area contributed by atoms with Crippen LogP contribution in [0.25, 0.3) is 0 Å². The van der Waals surface area contributed by atoms with Crippen LogP contribution >= 0.6 is 15.9 Å². The van der Waals surface area contributed by atoms with Crippen molar-refractivity contribution in [3.63, 3.8) is 0 Å². The van der Waals surface area contributed by atoms with Crippen LogP contribution < -0.4 is 10.5 Å². The summed E-state index contributed by atoms with van der Waals surface area (Å²) in [4.78, 5) is 3.87. The van der Waals surface area contributed by atoms with Crippen molar-refractivity contribution in [1.29, 1.82) is 5.26 Å². The molecule has 1 aromatic heterocycles. The Morgan fingerprint density at radius 3 is 2.83 bits per heavy atom. The molecule has 0 radical (unpaired) electrons. The standard InChI is InChI=1S/C12H7BrFN3O/c13-8-1-2-10(9(14)5-8)18-12-11(16)7(6-15)3-4-17-12/h1-5H,16H2. The lowest BCUT2D eigenvalue weighted by molar-refractivity contribution is 0.429. The lowest BCUT2D eigenvalue weighted by Crippen LogP contribution is -1.98. The first-order valence-corrected chi connectivity index (χ1v) is 5.68. The topological polar surface area (TPSA) is 71.9 Å². The van der Waals surface area contributed by atoms with Crippen molar-refractivity contribution in [2.24, 2.45) is 0 Å². The number of nitrogens with zero attached hydrogens (tertiary/aromatic N) is 2. The van der Waals surface area contributed by atoms with Crippen molar-refractivity contribution in [1.82, 2.24) is 4.98 Å². The summed E-state index contributed by atoms with van der Waals surface area (Å²) in [6.45, 7) is 0. The van der Waals surface area contributed by atoms with Gasteiger partial charge in [0.2, 0.25) is 5.88 Å². The van der Waals surface area contributed by atoms with Gasteiger partial charge in [0.05, 0.1) is 5.56 Å². The molecule has 0 amide bonds. The van der Waals surface area contributed by atoms with Gasteiger partial charge in [0.1, 0.15) is 11.8 Å². The molecule has 4 nitrogen and oxygen atoms in total. The summed E-state index contributed by atoms with van der Waals surface area (Å²) < 4.78 is 19.4. The summed E-state index contributed by atoms with van der Waals surface area (Å²) in [6, 6.07) is 7.69. The number of aromatic nitrogens is 1. The predicted molar refractivity (Wildman–Crippen MR) is 67.5 cm³/mol. The van der Waals surface area contributed by atoms with Crippen molar-refractivity contribution in [3.05, 3.63) is 46.3 Å². The smallest absolute Gasteiger partial charge is 0.244 e. The Bertz CT molecular complexity index is 640. The van der Waals surface area contributed by atoms with E-state index in [1.54, 1.807) is 6.07 Å². The quantitative estimate of drug-likeness (QED) is 0.924. The van der Waals surface area contributed by atoms with Gasteiger partial charge in [0, 0.05) is 10.7 Å². The van der Waals surface area contributed by atoms with E-state index in [0.29, 0.717) is 4.47 Å². The number of nitriles is 1. The lowest BCUT2D eigenvalue weighted by atomic mass is 10.2. The van der Waals surface area contributed by atoms with Gasteiger partial charge in [0.15, 0.2) is 11.6 Å². The van der Waals surface area contributed by atoms with Crippen LogP contribution in [0, 0.1) is 17.1 Å². The molecule has 2 N–H and O–H groups in total. The monoisotopic (exact) mass is 307 g/mol. The Labute approximate surface area is 111 Å². The second kappa shape index (κ2) is 5.02. The highest BCUT2D eigenvalue weighted by atomic mass is 79.9. The van der Waals surface area contributed by atoms with E-state index in [1.807, 2.05) is 6.07 Å². The van der Waals surface area contributed by atoms with Crippen LogP contribution in [-0.4, -0.2) is 4.98 Å². The number of halogens is 2. The first kappa shape index (κ1) is 12.3. The zero-order chi connectivity index (χ0) is 13.1. The highest BCUT2D eigenvalue weighted by molar-refractivity contribution is 9.10. The minimum Gasteiger partial charge on any atom is -0.434 e. The number of nitrogen functional groups attached to an aromatic ring is 1. The fraction of sp³-hybridized carbons (Fsp3) is 0. The van der Waals surface area contributed by atoms with Gasteiger partial charge >= 0.3 is 0 Å². The van der Waals surface area contributed by atoms with Crippen LogP contribution in [0.1, 0.15) is 5.56 Å². The maximum Gasteiger partial charge on any atom is 0.244 e. The third-order valence-electron chi connectivity index (χ3n) is 2.17. The molecule has 1 aromatic carbocycles. The molecule has 0 aliphatic rings. The number of anilines is 1. The zero-order valence-corrected chi connectivity index (χ0v) is 10.6. The third-order valence-corrected chi connectivity index (χ3v) is 2.67. The molecule has 0 spiro atoms. The zero-order valence-electron chi connectivity index (χ0n) is 9.02. The lowest BCUT2D eigenvalue weighted by Gasteiger charge is -2.08. The SMILES string of the molecule is N#Cc1ccnc(Oc2ccc(Br)cc2F)c1N. The molecule has 0 unspecified atom stereocenters. The maximum absolute atomic E-state index is 13.6. The fourth-order valence-corrected chi connectivity index (χ4v) is 1.63. The van der Waals surface area contributed by atoms with Gasteiger partial charge in [0.25, 0.3) is 0 Å². The average Bonchev–Trinajstić information content (AvgIpc) is 2.35. The molecule has 0 saturated heterocycles. The largest absolute Gasteiger partial charge is 0.434 e. The van der Waals surface area contributed by atoms with Gasteiger partial charge in [-0.15, -0.1) is 0 Å². The van der Waals surface area contributed by atoms with E-state index in [1.165, 1.54) is 24.4 Å². The summed E-state index contributed by atoms with van der Waals surface area (Å²) in [5, 5.41) is 8.81.